The van der Waals surface area contributed by atoms with Crippen molar-refractivity contribution < 1.29 is 14.6 Å². The lowest BCUT2D eigenvalue weighted by molar-refractivity contribution is -0.137. The molecule has 2 aliphatic carbocycles. The van der Waals surface area contributed by atoms with Gasteiger partial charge in [-0.3, -0.25) is 4.79 Å². The summed E-state index contributed by atoms with van der Waals surface area (Å²) in [5.74, 6) is 0.342. The van der Waals surface area contributed by atoms with E-state index in [1.807, 2.05) is 0 Å². The molecule has 1 saturated heterocycles. The van der Waals surface area contributed by atoms with E-state index in [9.17, 15) is 9.90 Å². The zero-order valence-electron chi connectivity index (χ0n) is 23.7. The van der Waals surface area contributed by atoms with Crippen molar-refractivity contribution in [1.82, 2.24) is 19.8 Å². The van der Waals surface area contributed by atoms with E-state index >= 15 is 0 Å². The molecule has 0 spiro atoms. The second-order valence-electron chi connectivity index (χ2n) is 11.8. The molecule has 1 saturated carbocycles. The average molecular weight is 565 g/mol. The first-order valence-electron chi connectivity index (χ1n) is 14.5. The fraction of sp³-hybridized carbons (Fsp3) is 0.567. The van der Waals surface area contributed by atoms with Crippen molar-refractivity contribution in [2.75, 3.05) is 57.5 Å². The molecule has 0 radical (unpaired) electrons. The molecule has 2 N–H and O–H groups in total. The van der Waals surface area contributed by atoms with Crippen molar-refractivity contribution in [3.63, 3.8) is 0 Å². The van der Waals surface area contributed by atoms with Crippen LogP contribution in [-0.2, 0) is 11.2 Å². The summed E-state index contributed by atoms with van der Waals surface area (Å²) in [5.41, 5.74) is 3.26. The van der Waals surface area contributed by atoms with E-state index in [1.54, 1.807) is 11.3 Å². The summed E-state index contributed by atoms with van der Waals surface area (Å²) >= 11 is 1.66. The van der Waals surface area contributed by atoms with Crippen LogP contribution in [0.3, 0.4) is 0 Å². The molecule has 2 aromatic heterocycles. The summed E-state index contributed by atoms with van der Waals surface area (Å²) in [6.45, 7) is 4.22. The third kappa shape index (κ3) is 5.75. The number of anilines is 3. The van der Waals surface area contributed by atoms with Gasteiger partial charge in [-0.25, -0.2) is 4.98 Å². The molecule has 1 aromatic carbocycles. The SMILES string of the molecule is CN1CCN(c2ccc(Nc3nc(O[C@H]4CC[C@H](N(C)C)CC4)c4c5c(sc4n3)CCC5CC(=O)O)cc2)CC1. The van der Waals surface area contributed by atoms with Gasteiger partial charge in [-0.1, -0.05) is 0 Å². The Labute approximate surface area is 240 Å². The fourth-order valence-electron chi connectivity index (χ4n) is 6.45. The monoisotopic (exact) mass is 564 g/mol. The molecule has 1 atom stereocenters. The van der Waals surface area contributed by atoms with E-state index in [0.29, 0.717) is 17.9 Å². The van der Waals surface area contributed by atoms with Crippen LogP contribution in [-0.4, -0.2) is 90.3 Å². The highest BCUT2D eigenvalue weighted by Gasteiger charge is 2.33. The second kappa shape index (κ2) is 11.5. The van der Waals surface area contributed by atoms with Gasteiger partial charge < -0.3 is 29.9 Å². The Morgan fingerprint density at radius 2 is 1.80 bits per heavy atom. The minimum Gasteiger partial charge on any atom is -0.481 e. The van der Waals surface area contributed by atoms with Gasteiger partial charge in [0.05, 0.1) is 11.8 Å². The van der Waals surface area contributed by atoms with E-state index in [0.717, 1.165) is 86.2 Å². The number of fused-ring (bicyclic) bond motifs is 3. The first kappa shape index (κ1) is 27.2. The van der Waals surface area contributed by atoms with Crippen LogP contribution in [0.25, 0.3) is 10.2 Å². The van der Waals surface area contributed by atoms with Gasteiger partial charge in [0.2, 0.25) is 11.8 Å². The summed E-state index contributed by atoms with van der Waals surface area (Å²) in [7, 11) is 6.46. The molecule has 0 bridgehead atoms. The lowest BCUT2D eigenvalue weighted by Crippen LogP contribution is -2.44. The molecule has 1 aliphatic heterocycles. The zero-order valence-corrected chi connectivity index (χ0v) is 24.5. The van der Waals surface area contributed by atoms with Crippen LogP contribution in [0.4, 0.5) is 17.3 Å². The number of carboxylic acid groups (broad SMARTS) is 1. The lowest BCUT2D eigenvalue weighted by Gasteiger charge is -2.34. The van der Waals surface area contributed by atoms with Crippen LogP contribution in [0.1, 0.15) is 54.9 Å². The van der Waals surface area contributed by atoms with Crippen LogP contribution in [0.5, 0.6) is 5.88 Å². The summed E-state index contributed by atoms with van der Waals surface area (Å²) in [4.78, 5) is 30.6. The Bertz CT molecular complexity index is 1340. The number of benzene rings is 1. The van der Waals surface area contributed by atoms with Crippen LogP contribution in [0.2, 0.25) is 0 Å². The number of carbonyl (C=O) groups is 1. The first-order chi connectivity index (χ1) is 19.3. The van der Waals surface area contributed by atoms with Crippen molar-refractivity contribution in [1.29, 1.82) is 0 Å². The van der Waals surface area contributed by atoms with E-state index < -0.39 is 5.97 Å². The van der Waals surface area contributed by atoms with Crippen molar-refractivity contribution in [2.45, 2.75) is 63.0 Å². The predicted molar refractivity (Wildman–Crippen MR) is 161 cm³/mol. The number of aromatic nitrogens is 2. The maximum Gasteiger partial charge on any atom is 0.303 e. The van der Waals surface area contributed by atoms with Crippen molar-refractivity contribution in [2.24, 2.45) is 0 Å². The molecule has 9 nitrogen and oxygen atoms in total. The van der Waals surface area contributed by atoms with Gasteiger partial charge in [-0.05, 0) is 95.4 Å². The molecule has 40 heavy (non-hydrogen) atoms. The predicted octanol–water partition coefficient (Wildman–Crippen LogP) is 4.94. The number of ether oxygens (including phenoxy) is 1. The smallest absolute Gasteiger partial charge is 0.303 e. The largest absolute Gasteiger partial charge is 0.481 e. The molecule has 3 aliphatic rings. The van der Waals surface area contributed by atoms with E-state index in [2.05, 4.69) is 65.4 Å². The number of hydrogen-bond acceptors (Lipinski definition) is 9. The Morgan fingerprint density at radius 1 is 1.07 bits per heavy atom. The Morgan fingerprint density at radius 3 is 2.48 bits per heavy atom. The lowest BCUT2D eigenvalue weighted by atomic mass is 9.92. The highest BCUT2D eigenvalue weighted by Crippen LogP contribution is 2.48. The molecule has 3 aromatic rings. The number of piperazine rings is 1. The molecule has 3 heterocycles. The van der Waals surface area contributed by atoms with Gasteiger partial charge in [0.25, 0.3) is 0 Å². The van der Waals surface area contributed by atoms with Crippen LogP contribution >= 0.6 is 11.3 Å². The maximum atomic E-state index is 11.6. The summed E-state index contributed by atoms with van der Waals surface area (Å²) in [6.07, 6.45) is 6.13. The summed E-state index contributed by atoms with van der Waals surface area (Å²) in [6, 6.07) is 9.07. The number of nitrogens with one attached hydrogen (secondary N) is 1. The van der Waals surface area contributed by atoms with Gasteiger partial charge in [0.1, 0.15) is 10.9 Å². The molecule has 1 unspecified atom stereocenters. The van der Waals surface area contributed by atoms with Crippen LogP contribution in [0.15, 0.2) is 24.3 Å². The highest BCUT2D eigenvalue weighted by molar-refractivity contribution is 7.19. The van der Waals surface area contributed by atoms with Gasteiger partial charge in [0, 0.05) is 48.5 Å². The van der Waals surface area contributed by atoms with E-state index in [-0.39, 0.29) is 18.4 Å². The van der Waals surface area contributed by atoms with Crippen LogP contribution in [0, 0.1) is 0 Å². The topological polar surface area (TPSA) is 94.1 Å². The number of thiophene rings is 1. The quantitative estimate of drug-likeness (QED) is 0.394. The Hall–Kier alpha value is -2.95. The number of hydrogen-bond donors (Lipinski definition) is 2. The molecular weight excluding hydrogens is 524 g/mol. The first-order valence-corrected chi connectivity index (χ1v) is 15.3. The van der Waals surface area contributed by atoms with Crippen molar-refractivity contribution in [3.05, 3.63) is 34.7 Å². The van der Waals surface area contributed by atoms with Gasteiger partial charge in [-0.15, -0.1) is 11.3 Å². The highest BCUT2D eigenvalue weighted by atomic mass is 32.1. The number of aryl methyl sites for hydroxylation is 1. The molecule has 214 valence electrons. The van der Waals surface area contributed by atoms with Gasteiger partial charge >= 0.3 is 5.97 Å². The second-order valence-corrected chi connectivity index (χ2v) is 12.9. The zero-order chi connectivity index (χ0) is 27.8. The minimum absolute atomic E-state index is 0.0161. The molecular formula is C30H40N6O3S. The normalized spacial score (nSPS) is 23.5. The number of aliphatic carboxylic acids is 1. The Kier molecular flexibility index (Phi) is 7.83. The number of nitrogens with zero attached hydrogens (tertiary/aromatic N) is 5. The summed E-state index contributed by atoms with van der Waals surface area (Å²) in [5, 5.41) is 13.9. The molecule has 0 amide bonds. The third-order valence-corrected chi connectivity index (χ3v) is 9.98. The molecule has 10 heteroatoms. The standard InChI is InChI=1S/C30H40N6O3S/c1-34(2)21-9-11-23(12-10-21)39-28-27-26-19(18-25(37)38)4-13-24(26)40-29(27)33-30(32-28)31-20-5-7-22(8-6-20)36-16-14-35(3)15-17-36/h5-8,19,21,23H,4,9-18H2,1-3H3,(H,37,38)(H,31,32,33)/t19?,21-,23-. The molecule has 6 rings (SSSR count). The Balaban J connectivity index is 1.27. The van der Waals surface area contributed by atoms with Crippen molar-refractivity contribution in [3.8, 4) is 5.88 Å². The van der Waals surface area contributed by atoms with Crippen molar-refractivity contribution >= 4 is 44.8 Å². The van der Waals surface area contributed by atoms with E-state index in [4.69, 9.17) is 14.7 Å². The minimum atomic E-state index is -0.763. The number of rotatable bonds is 8. The van der Waals surface area contributed by atoms with Gasteiger partial charge in [0.15, 0.2) is 0 Å². The average Bonchev–Trinajstić information content (AvgIpc) is 3.49. The molecule has 2 fully saturated rings. The van der Waals surface area contributed by atoms with Gasteiger partial charge in [-0.2, -0.15) is 4.98 Å². The summed E-state index contributed by atoms with van der Waals surface area (Å²) < 4.78 is 6.66. The maximum absolute atomic E-state index is 11.6. The third-order valence-electron chi connectivity index (χ3n) is 8.83. The number of carboxylic acids is 1. The number of likely N-dealkylation sites (N-methyl/N-ethyl adjacent to an activating group) is 1. The fourth-order valence-corrected chi connectivity index (χ4v) is 7.71. The van der Waals surface area contributed by atoms with Crippen LogP contribution < -0.4 is 15.0 Å². The van der Waals surface area contributed by atoms with E-state index in [1.165, 1.54) is 10.6 Å².